The summed E-state index contributed by atoms with van der Waals surface area (Å²) in [7, 11) is 0. The van der Waals surface area contributed by atoms with Crippen molar-refractivity contribution in [1.82, 2.24) is 0 Å². The molecule has 0 unspecified atom stereocenters. The third kappa shape index (κ3) is 1.74. The van der Waals surface area contributed by atoms with Crippen molar-refractivity contribution < 1.29 is 0 Å². The van der Waals surface area contributed by atoms with Crippen LogP contribution < -0.4 is 0 Å². The van der Waals surface area contributed by atoms with Gasteiger partial charge in [0.25, 0.3) is 0 Å². The van der Waals surface area contributed by atoms with Gasteiger partial charge in [-0.05, 0) is 40.5 Å². The highest BCUT2D eigenvalue weighted by Crippen LogP contribution is 2.26. The number of benzene rings is 1. The van der Waals surface area contributed by atoms with Crippen LogP contribution in [0.4, 0.5) is 0 Å². The molecule has 0 saturated carbocycles. The first-order valence-electron chi connectivity index (χ1n) is 3.01. The monoisotopic (exact) mass is 229 g/mol. The zero-order valence-corrected chi connectivity index (χ0v) is 8.20. The van der Waals surface area contributed by atoms with Crippen LogP contribution in [0.5, 0.6) is 0 Å². The van der Waals surface area contributed by atoms with Gasteiger partial charge in [-0.15, -0.1) is 0 Å². The predicted octanol–water partition coefficient (Wildman–Crippen LogP) is 3.28. The summed E-state index contributed by atoms with van der Waals surface area (Å²) in [6.07, 6.45) is 0. The van der Waals surface area contributed by atoms with Crippen molar-refractivity contribution in [3.63, 3.8) is 0 Å². The van der Waals surface area contributed by atoms with Gasteiger partial charge in [0.15, 0.2) is 0 Å². The number of nitrogens with zero attached hydrogens (tertiary/aromatic N) is 1. The first kappa shape index (κ1) is 8.58. The van der Waals surface area contributed by atoms with Crippen LogP contribution in [0.25, 0.3) is 0 Å². The summed E-state index contributed by atoms with van der Waals surface area (Å²) in [5.41, 5.74) is 1.57. The highest BCUT2D eigenvalue weighted by atomic mass is 79.9. The quantitative estimate of drug-likeness (QED) is 0.671. The molecule has 0 aliphatic carbocycles. The van der Waals surface area contributed by atoms with E-state index in [1.165, 1.54) is 0 Å². The molecule has 1 aromatic rings. The summed E-state index contributed by atoms with van der Waals surface area (Å²) in [6, 6.07) is 5.46. The Hall–Kier alpha value is -0.520. The predicted molar refractivity (Wildman–Crippen MR) is 48.6 cm³/mol. The average Bonchev–Trinajstić information content (AvgIpc) is 1.99. The minimum absolute atomic E-state index is 0.585. The van der Waals surface area contributed by atoms with E-state index in [9.17, 15) is 0 Å². The van der Waals surface area contributed by atoms with Gasteiger partial charge in [0.2, 0.25) is 0 Å². The van der Waals surface area contributed by atoms with Crippen LogP contribution in [0.15, 0.2) is 16.6 Å². The molecule has 0 atom stereocenters. The fourth-order valence-corrected chi connectivity index (χ4v) is 1.29. The zero-order valence-electron chi connectivity index (χ0n) is 5.86. The molecule has 0 saturated heterocycles. The van der Waals surface area contributed by atoms with E-state index in [0.29, 0.717) is 10.6 Å². The lowest BCUT2D eigenvalue weighted by atomic mass is 10.2. The van der Waals surface area contributed by atoms with Gasteiger partial charge in [0.1, 0.15) is 0 Å². The number of aryl methyl sites for hydroxylation is 1. The maximum Gasteiger partial charge on any atom is 0.0992 e. The second-order valence-corrected chi connectivity index (χ2v) is 3.40. The molecule has 1 nitrogen and oxygen atoms in total. The molecule has 0 heterocycles. The summed E-state index contributed by atoms with van der Waals surface area (Å²) in [4.78, 5) is 0. The minimum atomic E-state index is 0.585. The van der Waals surface area contributed by atoms with Crippen LogP contribution in [0, 0.1) is 18.3 Å². The Kier molecular flexibility index (Phi) is 2.53. The fraction of sp³-hybridized carbons (Fsp3) is 0.125. The molecule has 3 heteroatoms. The third-order valence-electron chi connectivity index (χ3n) is 1.34. The molecule has 0 radical (unpaired) electrons. The van der Waals surface area contributed by atoms with Gasteiger partial charge >= 0.3 is 0 Å². The number of rotatable bonds is 0. The molecule has 0 aromatic heterocycles. The first-order valence-corrected chi connectivity index (χ1v) is 4.18. The van der Waals surface area contributed by atoms with Gasteiger partial charge in [-0.2, -0.15) is 5.26 Å². The van der Waals surface area contributed by atoms with Crippen LogP contribution in [0.1, 0.15) is 11.1 Å². The molecule has 1 rings (SSSR count). The van der Waals surface area contributed by atoms with E-state index in [-0.39, 0.29) is 0 Å². The smallest absolute Gasteiger partial charge is 0.0992 e. The zero-order chi connectivity index (χ0) is 8.43. The number of halogens is 2. The Balaban J connectivity index is 3.35. The standard InChI is InChI=1S/C8H5BrClN/c1-5-2-6(4-11)3-7(10)8(5)9/h2-3H,1H3. The lowest BCUT2D eigenvalue weighted by Crippen LogP contribution is -1.80. The molecule has 11 heavy (non-hydrogen) atoms. The molecule has 1 aromatic carbocycles. The van der Waals surface area contributed by atoms with Crippen molar-refractivity contribution in [3.05, 3.63) is 32.8 Å². The lowest BCUT2D eigenvalue weighted by molar-refractivity contribution is 1.39. The number of hydrogen-bond acceptors (Lipinski definition) is 1. The van der Waals surface area contributed by atoms with Crippen LogP contribution >= 0.6 is 27.5 Å². The maximum atomic E-state index is 8.55. The Morgan fingerprint density at radius 2 is 2.18 bits per heavy atom. The van der Waals surface area contributed by atoms with Crippen LogP contribution in [-0.4, -0.2) is 0 Å². The van der Waals surface area contributed by atoms with E-state index in [1.54, 1.807) is 12.1 Å². The van der Waals surface area contributed by atoms with E-state index in [0.717, 1.165) is 10.0 Å². The minimum Gasteiger partial charge on any atom is -0.192 e. The number of hydrogen-bond donors (Lipinski definition) is 0. The van der Waals surface area contributed by atoms with Crippen LogP contribution in [-0.2, 0) is 0 Å². The topological polar surface area (TPSA) is 23.8 Å². The van der Waals surface area contributed by atoms with E-state index >= 15 is 0 Å². The molecular formula is C8H5BrClN. The normalized spacial score (nSPS) is 9.27. The molecule has 0 N–H and O–H groups in total. The van der Waals surface area contributed by atoms with Gasteiger partial charge in [0, 0.05) is 4.47 Å². The maximum absolute atomic E-state index is 8.55. The van der Waals surface area contributed by atoms with Crippen molar-refractivity contribution in [2.75, 3.05) is 0 Å². The molecule has 0 bridgehead atoms. The Bertz CT molecular complexity index is 304. The van der Waals surface area contributed by atoms with Gasteiger partial charge in [-0.1, -0.05) is 11.6 Å². The van der Waals surface area contributed by atoms with E-state index in [4.69, 9.17) is 16.9 Å². The first-order chi connectivity index (χ1) is 5.15. The molecule has 0 amide bonds. The van der Waals surface area contributed by atoms with Crippen molar-refractivity contribution in [1.29, 1.82) is 5.26 Å². The van der Waals surface area contributed by atoms with Crippen molar-refractivity contribution in [3.8, 4) is 6.07 Å². The van der Waals surface area contributed by atoms with Gasteiger partial charge < -0.3 is 0 Å². The van der Waals surface area contributed by atoms with Crippen LogP contribution in [0.3, 0.4) is 0 Å². The summed E-state index contributed by atoms with van der Waals surface area (Å²) in [5, 5.41) is 9.14. The highest BCUT2D eigenvalue weighted by Gasteiger charge is 2.02. The van der Waals surface area contributed by atoms with Gasteiger partial charge in [0.05, 0.1) is 16.7 Å². The summed E-state index contributed by atoms with van der Waals surface area (Å²) < 4.78 is 0.859. The largest absolute Gasteiger partial charge is 0.192 e. The third-order valence-corrected chi connectivity index (χ3v) is 2.92. The highest BCUT2D eigenvalue weighted by molar-refractivity contribution is 9.10. The Morgan fingerprint density at radius 1 is 1.55 bits per heavy atom. The van der Waals surface area contributed by atoms with Gasteiger partial charge in [-0.3, -0.25) is 0 Å². The molecule has 56 valence electrons. The summed E-state index contributed by atoms with van der Waals surface area (Å²) >= 11 is 9.10. The SMILES string of the molecule is Cc1cc(C#N)cc(Cl)c1Br. The molecule has 0 spiro atoms. The second-order valence-electron chi connectivity index (χ2n) is 2.20. The van der Waals surface area contributed by atoms with Crippen LogP contribution in [0.2, 0.25) is 5.02 Å². The molecular weight excluding hydrogens is 225 g/mol. The van der Waals surface area contributed by atoms with E-state index in [1.807, 2.05) is 13.0 Å². The summed E-state index contributed by atoms with van der Waals surface area (Å²) in [5.74, 6) is 0. The van der Waals surface area contributed by atoms with E-state index < -0.39 is 0 Å². The Labute approximate surface area is 78.7 Å². The van der Waals surface area contributed by atoms with Crippen molar-refractivity contribution in [2.24, 2.45) is 0 Å². The van der Waals surface area contributed by atoms with Crippen molar-refractivity contribution >= 4 is 27.5 Å². The van der Waals surface area contributed by atoms with Gasteiger partial charge in [-0.25, -0.2) is 0 Å². The van der Waals surface area contributed by atoms with E-state index in [2.05, 4.69) is 15.9 Å². The Morgan fingerprint density at radius 3 is 2.64 bits per heavy atom. The lowest BCUT2D eigenvalue weighted by Gasteiger charge is -1.99. The van der Waals surface area contributed by atoms with Crippen molar-refractivity contribution in [2.45, 2.75) is 6.92 Å². The molecule has 0 aliphatic rings. The fourth-order valence-electron chi connectivity index (χ4n) is 0.791. The second kappa shape index (κ2) is 3.25. The number of nitriles is 1. The molecule has 0 fully saturated rings. The molecule has 0 aliphatic heterocycles. The average molecular weight is 230 g/mol. The summed E-state index contributed by atoms with van der Waals surface area (Å²) in [6.45, 7) is 1.90.